The lowest BCUT2D eigenvalue weighted by Gasteiger charge is -2.35. The molecule has 4 aliphatic rings. The summed E-state index contributed by atoms with van der Waals surface area (Å²) < 4.78 is 12.4. The number of carboxylic acid groups (broad SMARTS) is 1. The van der Waals surface area contributed by atoms with Crippen molar-refractivity contribution in [3.05, 3.63) is 47.9 Å². The predicted octanol–water partition coefficient (Wildman–Crippen LogP) is 6.99. The third-order valence-electron chi connectivity index (χ3n) is 11.7. The molecule has 0 unspecified atom stereocenters. The minimum atomic E-state index is -1.49. The number of aromatic nitrogens is 2. The SMILES string of the molecule is C=C[C@@H]1C[C@]1(NC(=O)[C@@H]1C[C@@H](Oc2cc(-c3csc(NC4CCCCC4)n3)nc3cc(C)ccc23)CN1C(=O)[C@@H](NC(=O)OC1CCCC1)C(C)(C)C)C(=O)O. The number of anilines is 1. The van der Waals surface area contributed by atoms with Crippen LogP contribution in [0.5, 0.6) is 5.75 Å². The number of carbonyl (C=O) groups excluding carboxylic acids is 3. The molecule has 3 amide bonds. The molecule has 300 valence electrons. The molecule has 0 bridgehead atoms. The highest BCUT2D eigenvalue weighted by Gasteiger charge is 2.61. The van der Waals surface area contributed by atoms with Crippen molar-refractivity contribution in [2.75, 3.05) is 11.9 Å². The molecule has 1 aliphatic heterocycles. The number of carbonyl (C=O) groups is 4. The summed E-state index contributed by atoms with van der Waals surface area (Å²) in [6.45, 7) is 11.3. The molecule has 3 heterocycles. The molecule has 4 N–H and O–H groups in total. The van der Waals surface area contributed by atoms with Gasteiger partial charge in [0.2, 0.25) is 11.8 Å². The summed E-state index contributed by atoms with van der Waals surface area (Å²) in [7, 11) is 0. The van der Waals surface area contributed by atoms with Crippen molar-refractivity contribution in [3.8, 4) is 17.1 Å². The maximum atomic E-state index is 14.6. The van der Waals surface area contributed by atoms with Crippen molar-refractivity contribution in [1.29, 1.82) is 0 Å². The first-order chi connectivity index (χ1) is 26.7. The Balaban J connectivity index is 1.17. The fourth-order valence-corrected chi connectivity index (χ4v) is 9.19. The molecular formula is C42H54N6O7S. The first kappa shape index (κ1) is 39.5. The number of hydrogen-bond donors (Lipinski definition) is 4. The summed E-state index contributed by atoms with van der Waals surface area (Å²) in [5, 5.41) is 22.9. The summed E-state index contributed by atoms with van der Waals surface area (Å²) in [6.07, 6.45) is 9.74. The molecule has 3 aromatic rings. The topological polar surface area (TPSA) is 172 Å². The molecule has 7 rings (SSSR count). The maximum Gasteiger partial charge on any atom is 0.408 e. The number of fused-ring (bicyclic) bond motifs is 1. The van der Waals surface area contributed by atoms with Gasteiger partial charge in [-0.2, -0.15) is 0 Å². The van der Waals surface area contributed by atoms with Gasteiger partial charge in [0.1, 0.15) is 41.3 Å². The molecule has 0 spiro atoms. The number of nitrogens with one attached hydrogen (secondary N) is 3. The number of nitrogens with zero attached hydrogens (tertiary/aromatic N) is 3. The molecular weight excluding hydrogens is 733 g/mol. The van der Waals surface area contributed by atoms with E-state index in [4.69, 9.17) is 19.4 Å². The zero-order chi connectivity index (χ0) is 39.8. The summed E-state index contributed by atoms with van der Waals surface area (Å²) in [5.41, 5.74) is 0.842. The Hall–Kier alpha value is -4.72. The monoisotopic (exact) mass is 786 g/mol. The number of carboxylic acids is 1. The van der Waals surface area contributed by atoms with E-state index in [0.717, 1.165) is 60.1 Å². The van der Waals surface area contributed by atoms with Gasteiger partial charge < -0.3 is 35.4 Å². The number of alkyl carbamates (subject to hydrolysis) is 1. The van der Waals surface area contributed by atoms with Crippen LogP contribution in [0.3, 0.4) is 0 Å². The van der Waals surface area contributed by atoms with Gasteiger partial charge in [0.05, 0.1) is 17.8 Å². The van der Waals surface area contributed by atoms with Crippen LogP contribution in [0.1, 0.15) is 97.0 Å². The number of hydrogen-bond acceptors (Lipinski definition) is 10. The Morgan fingerprint density at radius 3 is 2.43 bits per heavy atom. The van der Waals surface area contributed by atoms with Gasteiger partial charge in [-0.25, -0.2) is 19.6 Å². The number of pyridine rings is 1. The van der Waals surface area contributed by atoms with E-state index in [1.54, 1.807) is 11.3 Å². The summed E-state index contributed by atoms with van der Waals surface area (Å²) in [5.74, 6) is -2.16. The van der Waals surface area contributed by atoms with E-state index < -0.39 is 58.9 Å². The second-order valence-electron chi connectivity index (χ2n) is 17.1. The standard InChI is InChI=1S/C42H54N6O7S/c1-6-25-21-42(25,38(51)52)47-36(49)33-19-28(22-48(33)37(50)35(41(3,4)5)46-40(53)55-27-14-10-11-15-27)54-34-20-31(44-30-18-24(2)16-17-29(30)34)32-23-56-39(45-32)43-26-12-8-7-9-13-26/h6,16-18,20,23,25-28,33,35H,1,7-15,19,21-22H2,2-5H3,(H,43,45)(H,46,53)(H,47,49)(H,51,52)/t25-,28-,33+,35-,42-/m1/s1. The number of thiazole rings is 1. The number of rotatable bonds is 12. The van der Waals surface area contributed by atoms with E-state index in [0.29, 0.717) is 23.2 Å². The normalized spacial score (nSPS) is 24.7. The van der Waals surface area contributed by atoms with E-state index in [1.807, 2.05) is 57.3 Å². The van der Waals surface area contributed by atoms with E-state index in [1.165, 1.54) is 30.2 Å². The van der Waals surface area contributed by atoms with Crippen LogP contribution in [0.4, 0.5) is 9.93 Å². The maximum absolute atomic E-state index is 14.6. The highest BCUT2D eigenvalue weighted by Crippen LogP contribution is 2.45. The third-order valence-corrected chi connectivity index (χ3v) is 12.5. The molecule has 1 aromatic carbocycles. The second-order valence-corrected chi connectivity index (χ2v) is 18.0. The zero-order valence-electron chi connectivity index (χ0n) is 32.8. The van der Waals surface area contributed by atoms with Crippen molar-refractivity contribution in [2.45, 2.75) is 134 Å². The fourth-order valence-electron chi connectivity index (χ4n) is 8.41. The highest BCUT2D eigenvalue weighted by molar-refractivity contribution is 7.14. The largest absolute Gasteiger partial charge is 0.488 e. The minimum absolute atomic E-state index is 0.0188. The van der Waals surface area contributed by atoms with Crippen LogP contribution < -0.4 is 20.7 Å². The van der Waals surface area contributed by atoms with Gasteiger partial charge in [0, 0.05) is 35.2 Å². The lowest BCUT2D eigenvalue weighted by Crippen LogP contribution is -2.59. The molecule has 2 aromatic heterocycles. The zero-order valence-corrected chi connectivity index (χ0v) is 33.6. The van der Waals surface area contributed by atoms with Crippen LogP contribution in [0.2, 0.25) is 0 Å². The minimum Gasteiger partial charge on any atom is -0.488 e. The molecule has 1 saturated heterocycles. The average molecular weight is 787 g/mol. The Bertz CT molecular complexity index is 1980. The fraction of sp³-hybridized carbons (Fsp3) is 0.571. The third kappa shape index (κ3) is 8.50. The van der Waals surface area contributed by atoms with Gasteiger partial charge in [0.25, 0.3) is 0 Å². The molecule has 3 saturated carbocycles. The average Bonchev–Trinajstić information content (AvgIpc) is 3.57. The molecule has 4 fully saturated rings. The number of aryl methyl sites for hydroxylation is 1. The van der Waals surface area contributed by atoms with Gasteiger partial charge in [-0.05, 0) is 75.0 Å². The number of ether oxygens (including phenoxy) is 2. The van der Waals surface area contributed by atoms with Crippen molar-refractivity contribution < 1.29 is 33.8 Å². The van der Waals surface area contributed by atoms with Crippen LogP contribution >= 0.6 is 11.3 Å². The van der Waals surface area contributed by atoms with Crippen molar-refractivity contribution in [3.63, 3.8) is 0 Å². The van der Waals surface area contributed by atoms with Gasteiger partial charge in [-0.1, -0.05) is 52.2 Å². The number of amides is 3. The molecule has 56 heavy (non-hydrogen) atoms. The molecule has 5 atom stereocenters. The van der Waals surface area contributed by atoms with Crippen LogP contribution in [0.15, 0.2) is 42.3 Å². The Morgan fingerprint density at radius 1 is 1.02 bits per heavy atom. The Kier molecular flexibility index (Phi) is 11.3. The Morgan fingerprint density at radius 2 is 1.75 bits per heavy atom. The lowest BCUT2D eigenvalue weighted by molar-refractivity contribution is -0.146. The van der Waals surface area contributed by atoms with Crippen LogP contribution in [0.25, 0.3) is 22.3 Å². The summed E-state index contributed by atoms with van der Waals surface area (Å²) >= 11 is 1.54. The quantitative estimate of drug-likeness (QED) is 0.140. The van der Waals surface area contributed by atoms with Crippen LogP contribution in [-0.2, 0) is 19.1 Å². The second kappa shape index (κ2) is 16.0. The molecule has 0 radical (unpaired) electrons. The highest BCUT2D eigenvalue weighted by atomic mass is 32.1. The van der Waals surface area contributed by atoms with Crippen LogP contribution in [-0.4, -0.2) is 86.3 Å². The van der Waals surface area contributed by atoms with E-state index in [2.05, 4.69) is 22.5 Å². The number of aliphatic carboxylic acids is 1. The van der Waals surface area contributed by atoms with E-state index in [-0.39, 0.29) is 25.5 Å². The lowest BCUT2D eigenvalue weighted by atomic mass is 9.85. The number of benzene rings is 1. The molecule has 14 heteroatoms. The molecule has 13 nitrogen and oxygen atoms in total. The summed E-state index contributed by atoms with van der Waals surface area (Å²) in [6, 6.07) is 6.06. The van der Waals surface area contributed by atoms with E-state index in [9.17, 15) is 24.3 Å². The van der Waals surface area contributed by atoms with Crippen LogP contribution in [0, 0.1) is 18.3 Å². The van der Waals surface area contributed by atoms with Crippen molar-refractivity contribution >= 4 is 51.2 Å². The van der Waals surface area contributed by atoms with Gasteiger partial charge in [-0.15, -0.1) is 17.9 Å². The van der Waals surface area contributed by atoms with Gasteiger partial charge >= 0.3 is 12.1 Å². The first-order valence-corrected chi connectivity index (χ1v) is 20.9. The Labute approximate surface area is 332 Å². The molecule has 3 aliphatic carbocycles. The predicted molar refractivity (Wildman–Crippen MR) is 215 cm³/mol. The number of likely N-dealkylation sites (tertiary alicyclic amines) is 1. The van der Waals surface area contributed by atoms with E-state index >= 15 is 0 Å². The first-order valence-electron chi connectivity index (χ1n) is 20.0. The van der Waals surface area contributed by atoms with Gasteiger partial charge in [-0.3, -0.25) is 9.59 Å². The van der Waals surface area contributed by atoms with Crippen molar-refractivity contribution in [1.82, 2.24) is 25.5 Å². The smallest absolute Gasteiger partial charge is 0.408 e. The van der Waals surface area contributed by atoms with Gasteiger partial charge in [0.15, 0.2) is 5.13 Å². The van der Waals surface area contributed by atoms with Crippen molar-refractivity contribution in [2.24, 2.45) is 11.3 Å². The summed E-state index contributed by atoms with van der Waals surface area (Å²) in [4.78, 5) is 65.6.